The Labute approximate surface area is 84.0 Å². The normalized spacial score (nSPS) is 10.7. The minimum absolute atomic E-state index is 0.0464. The highest BCUT2D eigenvalue weighted by molar-refractivity contribution is 6.33. The second kappa shape index (κ2) is 2.95. The van der Waals surface area contributed by atoms with E-state index in [-0.39, 0.29) is 11.0 Å². The topological polar surface area (TPSA) is 68.0 Å². The largest absolute Gasteiger partial charge is 0.475 e. The first-order valence-corrected chi connectivity index (χ1v) is 4.19. The molecule has 2 aromatic rings. The first-order valence-electron chi connectivity index (χ1n) is 3.81. The maximum absolute atomic E-state index is 10.8. The zero-order chi connectivity index (χ0) is 10.3. The van der Waals surface area contributed by atoms with Crippen molar-refractivity contribution in [1.29, 1.82) is 0 Å². The number of aromatic nitrogens is 3. The van der Waals surface area contributed by atoms with E-state index in [0.29, 0.717) is 11.0 Å². The van der Waals surface area contributed by atoms with Crippen molar-refractivity contribution in [1.82, 2.24) is 14.5 Å². The number of fused-ring (bicyclic) bond motifs is 1. The van der Waals surface area contributed by atoms with Gasteiger partial charge in [-0.15, -0.1) is 0 Å². The molecule has 0 bridgehead atoms. The lowest BCUT2D eigenvalue weighted by molar-refractivity contribution is 0.0680. The molecule has 2 aromatic heterocycles. The molecule has 0 amide bonds. The summed E-state index contributed by atoms with van der Waals surface area (Å²) in [6.07, 6.45) is 1.51. The summed E-state index contributed by atoms with van der Waals surface area (Å²) in [6, 6.07) is 1.67. The van der Waals surface area contributed by atoms with E-state index in [9.17, 15) is 4.79 Å². The van der Waals surface area contributed by atoms with Crippen molar-refractivity contribution in [3.63, 3.8) is 0 Å². The van der Waals surface area contributed by atoms with E-state index in [1.54, 1.807) is 13.1 Å². The SMILES string of the molecule is Cn1c(C(=O)O)nc2c(Cl)nccc21. The van der Waals surface area contributed by atoms with Gasteiger partial charge in [-0.25, -0.2) is 14.8 Å². The summed E-state index contributed by atoms with van der Waals surface area (Å²) < 4.78 is 1.46. The number of carboxylic acids is 1. The standard InChI is InChI=1S/C8H6ClN3O2/c1-12-4-2-3-10-6(9)5(4)11-7(12)8(13)14/h2-3H,1H3,(H,13,14). The molecule has 0 saturated carbocycles. The van der Waals surface area contributed by atoms with Crippen molar-refractivity contribution in [3.05, 3.63) is 23.2 Å². The third-order valence-corrected chi connectivity index (χ3v) is 2.22. The second-order valence-electron chi connectivity index (χ2n) is 2.77. The van der Waals surface area contributed by atoms with E-state index in [4.69, 9.17) is 16.7 Å². The molecular formula is C8H6ClN3O2. The fraction of sp³-hybridized carbons (Fsp3) is 0.125. The Morgan fingerprint density at radius 1 is 1.64 bits per heavy atom. The predicted octanol–water partition coefficient (Wildman–Crippen LogP) is 1.32. The smallest absolute Gasteiger partial charge is 0.372 e. The van der Waals surface area contributed by atoms with Gasteiger partial charge in [-0.2, -0.15) is 0 Å². The van der Waals surface area contributed by atoms with Crippen LogP contribution in [-0.4, -0.2) is 25.6 Å². The molecule has 14 heavy (non-hydrogen) atoms. The molecule has 0 unspecified atom stereocenters. The van der Waals surface area contributed by atoms with E-state index < -0.39 is 5.97 Å². The van der Waals surface area contributed by atoms with Crippen LogP contribution in [0, 0.1) is 0 Å². The average Bonchev–Trinajstić information content (AvgIpc) is 2.46. The molecule has 0 aliphatic heterocycles. The molecule has 0 radical (unpaired) electrons. The molecule has 0 saturated heterocycles. The van der Waals surface area contributed by atoms with Crippen LogP contribution in [0.4, 0.5) is 0 Å². The molecule has 0 aliphatic carbocycles. The van der Waals surface area contributed by atoms with Gasteiger partial charge in [0.05, 0.1) is 5.52 Å². The highest BCUT2D eigenvalue weighted by Crippen LogP contribution is 2.20. The highest BCUT2D eigenvalue weighted by Gasteiger charge is 2.15. The van der Waals surface area contributed by atoms with E-state index in [2.05, 4.69) is 9.97 Å². The minimum Gasteiger partial charge on any atom is -0.475 e. The quantitative estimate of drug-likeness (QED) is 0.723. The number of aromatic carboxylic acids is 1. The maximum Gasteiger partial charge on any atom is 0.372 e. The molecule has 0 atom stereocenters. The van der Waals surface area contributed by atoms with Crippen LogP contribution in [0.1, 0.15) is 10.6 Å². The lowest BCUT2D eigenvalue weighted by Crippen LogP contribution is -2.05. The van der Waals surface area contributed by atoms with Crippen LogP contribution in [0.5, 0.6) is 0 Å². The summed E-state index contributed by atoms with van der Waals surface area (Å²) in [5, 5.41) is 9.02. The first kappa shape index (κ1) is 8.96. The molecular weight excluding hydrogens is 206 g/mol. The van der Waals surface area contributed by atoms with Gasteiger partial charge in [-0.3, -0.25) is 0 Å². The van der Waals surface area contributed by atoms with Crippen molar-refractivity contribution >= 4 is 28.6 Å². The van der Waals surface area contributed by atoms with Crippen LogP contribution in [0.15, 0.2) is 12.3 Å². The average molecular weight is 212 g/mol. The number of carbonyl (C=O) groups is 1. The summed E-state index contributed by atoms with van der Waals surface area (Å²) in [6.45, 7) is 0. The van der Waals surface area contributed by atoms with Gasteiger partial charge in [0.15, 0.2) is 5.15 Å². The monoisotopic (exact) mass is 211 g/mol. The van der Waals surface area contributed by atoms with Crippen LogP contribution in [0.3, 0.4) is 0 Å². The second-order valence-corrected chi connectivity index (χ2v) is 3.13. The van der Waals surface area contributed by atoms with Gasteiger partial charge in [0.2, 0.25) is 5.82 Å². The Hall–Kier alpha value is -1.62. The molecule has 2 heterocycles. The Bertz CT molecular complexity index is 521. The fourth-order valence-corrected chi connectivity index (χ4v) is 1.47. The number of carboxylic acid groups (broad SMARTS) is 1. The number of imidazole rings is 1. The Balaban J connectivity index is 2.86. The number of halogens is 1. The number of hydrogen-bond acceptors (Lipinski definition) is 3. The molecule has 0 aromatic carbocycles. The zero-order valence-electron chi connectivity index (χ0n) is 7.23. The van der Waals surface area contributed by atoms with Crippen LogP contribution in [0.25, 0.3) is 11.0 Å². The molecule has 2 rings (SSSR count). The first-order chi connectivity index (χ1) is 6.61. The van der Waals surface area contributed by atoms with E-state index >= 15 is 0 Å². The number of nitrogens with zero attached hydrogens (tertiary/aromatic N) is 3. The Morgan fingerprint density at radius 3 is 2.93 bits per heavy atom. The lowest BCUT2D eigenvalue weighted by atomic mass is 10.4. The molecule has 72 valence electrons. The van der Waals surface area contributed by atoms with Crippen LogP contribution in [0.2, 0.25) is 5.15 Å². The molecule has 1 N–H and O–H groups in total. The van der Waals surface area contributed by atoms with E-state index in [0.717, 1.165) is 0 Å². The molecule has 0 aliphatic rings. The third-order valence-electron chi connectivity index (χ3n) is 1.95. The molecule has 5 nitrogen and oxygen atoms in total. The van der Waals surface area contributed by atoms with Gasteiger partial charge in [0, 0.05) is 13.2 Å². The predicted molar refractivity (Wildman–Crippen MR) is 50.5 cm³/mol. The van der Waals surface area contributed by atoms with Gasteiger partial charge in [-0.1, -0.05) is 11.6 Å². The molecule has 0 spiro atoms. The number of rotatable bonds is 1. The summed E-state index contributed by atoms with van der Waals surface area (Å²) >= 11 is 5.77. The Kier molecular flexibility index (Phi) is 1.89. The van der Waals surface area contributed by atoms with Gasteiger partial charge in [0.1, 0.15) is 5.52 Å². The highest BCUT2D eigenvalue weighted by atomic mass is 35.5. The zero-order valence-corrected chi connectivity index (χ0v) is 7.99. The number of hydrogen-bond donors (Lipinski definition) is 1. The van der Waals surface area contributed by atoms with Gasteiger partial charge < -0.3 is 9.67 Å². The van der Waals surface area contributed by atoms with Crippen molar-refractivity contribution in [2.45, 2.75) is 0 Å². The summed E-state index contributed by atoms with van der Waals surface area (Å²) in [5.74, 6) is -1.13. The van der Waals surface area contributed by atoms with Gasteiger partial charge in [-0.05, 0) is 6.07 Å². The van der Waals surface area contributed by atoms with E-state index in [1.165, 1.54) is 10.8 Å². The lowest BCUT2D eigenvalue weighted by Gasteiger charge is -1.95. The van der Waals surface area contributed by atoms with Crippen molar-refractivity contribution < 1.29 is 9.90 Å². The van der Waals surface area contributed by atoms with Crippen LogP contribution >= 0.6 is 11.6 Å². The van der Waals surface area contributed by atoms with Crippen molar-refractivity contribution in [2.75, 3.05) is 0 Å². The Morgan fingerprint density at radius 2 is 2.36 bits per heavy atom. The third kappa shape index (κ3) is 1.13. The summed E-state index contributed by atoms with van der Waals surface area (Å²) in [4.78, 5) is 18.5. The summed E-state index contributed by atoms with van der Waals surface area (Å²) in [7, 11) is 1.62. The molecule has 0 fully saturated rings. The van der Waals surface area contributed by atoms with Crippen LogP contribution in [-0.2, 0) is 7.05 Å². The fourth-order valence-electron chi connectivity index (χ4n) is 1.28. The minimum atomic E-state index is -1.08. The van der Waals surface area contributed by atoms with E-state index in [1.807, 2.05) is 0 Å². The van der Waals surface area contributed by atoms with Gasteiger partial charge >= 0.3 is 5.97 Å². The molecule has 6 heteroatoms. The maximum atomic E-state index is 10.8. The number of aryl methyl sites for hydroxylation is 1. The number of pyridine rings is 1. The van der Waals surface area contributed by atoms with Crippen LogP contribution < -0.4 is 0 Å². The summed E-state index contributed by atoms with van der Waals surface area (Å²) in [5.41, 5.74) is 1.07. The van der Waals surface area contributed by atoms with Crippen molar-refractivity contribution in [2.24, 2.45) is 7.05 Å². The van der Waals surface area contributed by atoms with Crippen molar-refractivity contribution in [3.8, 4) is 0 Å². The van der Waals surface area contributed by atoms with Gasteiger partial charge in [0.25, 0.3) is 0 Å².